The number of hydrogen-bond acceptors (Lipinski definition) is 3. The minimum Gasteiger partial charge on any atom is -0.355 e. The molecule has 0 aliphatic carbocycles. The van der Waals surface area contributed by atoms with Crippen molar-refractivity contribution in [3.05, 3.63) is 0 Å². The number of methoxy groups -OCH3 is 1. The van der Waals surface area contributed by atoms with E-state index in [0.29, 0.717) is 6.73 Å². The van der Waals surface area contributed by atoms with E-state index in [1.807, 2.05) is 7.05 Å². The molecule has 0 amide bonds. The van der Waals surface area contributed by atoms with Crippen molar-refractivity contribution >= 4 is 0 Å². The Morgan fingerprint density at radius 2 is 2.18 bits per heavy atom. The number of nitrogens with zero attached hydrogens (tertiary/aromatic N) is 1. The first-order valence-corrected chi connectivity index (χ1v) is 3.89. The summed E-state index contributed by atoms with van der Waals surface area (Å²) in [5, 5.41) is 0. The molecule has 0 saturated carbocycles. The van der Waals surface area contributed by atoms with Crippen LogP contribution in [0, 0.1) is 5.41 Å². The Bertz CT molecular complexity index is 136. The van der Waals surface area contributed by atoms with Gasteiger partial charge < -0.3 is 9.47 Å². The molecule has 66 valence electrons. The molecule has 1 atom stereocenters. The molecule has 0 N–H and O–H groups in total. The van der Waals surface area contributed by atoms with Crippen LogP contribution >= 0.6 is 0 Å². The molecule has 1 unspecified atom stereocenters. The van der Waals surface area contributed by atoms with Crippen molar-refractivity contribution in [1.29, 1.82) is 0 Å². The smallest absolute Gasteiger partial charge is 0.165 e. The van der Waals surface area contributed by atoms with Gasteiger partial charge in [-0.15, -0.1) is 0 Å². The van der Waals surface area contributed by atoms with Crippen molar-refractivity contribution < 1.29 is 9.47 Å². The van der Waals surface area contributed by atoms with Gasteiger partial charge in [-0.25, -0.2) is 0 Å². The highest BCUT2D eigenvalue weighted by atomic mass is 16.7. The van der Waals surface area contributed by atoms with Crippen LogP contribution in [0.15, 0.2) is 0 Å². The van der Waals surface area contributed by atoms with Crippen molar-refractivity contribution in [2.75, 3.05) is 27.4 Å². The third-order valence-electron chi connectivity index (χ3n) is 1.98. The van der Waals surface area contributed by atoms with E-state index in [-0.39, 0.29) is 11.7 Å². The highest BCUT2D eigenvalue weighted by Crippen LogP contribution is 2.28. The molecule has 1 aliphatic heterocycles. The Labute approximate surface area is 68.3 Å². The second kappa shape index (κ2) is 3.09. The molecule has 11 heavy (non-hydrogen) atoms. The van der Waals surface area contributed by atoms with E-state index in [9.17, 15) is 0 Å². The second-order valence-electron chi connectivity index (χ2n) is 3.87. The molecule has 0 radical (unpaired) electrons. The van der Waals surface area contributed by atoms with Crippen LogP contribution in [0.2, 0.25) is 0 Å². The standard InChI is InChI=1S/C8H17NO2/c1-8(2)5-9(3)6-11-7(8)10-4/h7H,5-6H2,1-4H3. The van der Waals surface area contributed by atoms with Crippen LogP contribution in [0.1, 0.15) is 13.8 Å². The molecule has 0 bridgehead atoms. The highest BCUT2D eigenvalue weighted by molar-refractivity contribution is 4.78. The van der Waals surface area contributed by atoms with Crippen LogP contribution in [-0.2, 0) is 9.47 Å². The fourth-order valence-electron chi connectivity index (χ4n) is 1.62. The first kappa shape index (κ1) is 8.97. The van der Waals surface area contributed by atoms with E-state index in [1.165, 1.54) is 0 Å². The molecular weight excluding hydrogens is 142 g/mol. The molecule has 1 aliphatic rings. The molecule has 0 aromatic rings. The van der Waals surface area contributed by atoms with Gasteiger partial charge in [0.15, 0.2) is 6.29 Å². The molecule has 1 fully saturated rings. The molecule has 3 heteroatoms. The van der Waals surface area contributed by atoms with Crippen molar-refractivity contribution in [2.45, 2.75) is 20.1 Å². The summed E-state index contributed by atoms with van der Waals surface area (Å²) in [7, 11) is 3.74. The Morgan fingerprint density at radius 3 is 2.64 bits per heavy atom. The summed E-state index contributed by atoms with van der Waals surface area (Å²) in [6, 6.07) is 0. The predicted octanol–water partition coefficient (Wildman–Crippen LogP) is 0.905. The SMILES string of the molecule is COC1OCN(C)CC1(C)C. The van der Waals surface area contributed by atoms with E-state index >= 15 is 0 Å². The van der Waals surface area contributed by atoms with Gasteiger partial charge in [0.25, 0.3) is 0 Å². The molecule has 0 aromatic carbocycles. The molecule has 1 rings (SSSR count). The third-order valence-corrected chi connectivity index (χ3v) is 1.98. The lowest BCUT2D eigenvalue weighted by Crippen LogP contribution is -2.49. The Morgan fingerprint density at radius 1 is 1.55 bits per heavy atom. The zero-order chi connectivity index (χ0) is 8.48. The zero-order valence-corrected chi connectivity index (χ0v) is 7.76. The van der Waals surface area contributed by atoms with Gasteiger partial charge in [-0.3, -0.25) is 4.90 Å². The normalized spacial score (nSPS) is 32.2. The Hall–Kier alpha value is -0.120. The summed E-state index contributed by atoms with van der Waals surface area (Å²) >= 11 is 0. The molecule has 1 saturated heterocycles. The van der Waals surface area contributed by atoms with Crippen LogP contribution in [-0.4, -0.2) is 38.6 Å². The molecule has 3 nitrogen and oxygen atoms in total. The van der Waals surface area contributed by atoms with Crippen molar-refractivity contribution in [1.82, 2.24) is 4.90 Å². The molecule has 0 spiro atoms. The average Bonchev–Trinajstić information content (AvgIpc) is 1.85. The largest absolute Gasteiger partial charge is 0.355 e. The van der Waals surface area contributed by atoms with Crippen molar-refractivity contribution in [2.24, 2.45) is 5.41 Å². The lowest BCUT2D eigenvalue weighted by Gasteiger charge is -2.41. The van der Waals surface area contributed by atoms with E-state index in [2.05, 4.69) is 18.7 Å². The van der Waals surface area contributed by atoms with Gasteiger partial charge in [-0.2, -0.15) is 0 Å². The first-order chi connectivity index (χ1) is 5.06. The maximum absolute atomic E-state index is 5.46. The van der Waals surface area contributed by atoms with E-state index < -0.39 is 0 Å². The van der Waals surface area contributed by atoms with Crippen LogP contribution in [0.4, 0.5) is 0 Å². The summed E-state index contributed by atoms with van der Waals surface area (Å²) in [5.41, 5.74) is 0.0990. The summed E-state index contributed by atoms with van der Waals surface area (Å²) in [6.07, 6.45) is -0.0568. The quantitative estimate of drug-likeness (QED) is 0.567. The minimum absolute atomic E-state index is 0.0568. The fraction of sp³-hybridized carbons (Fsp3) is 1.00. The van der Waals surface area contributed by atoms with E-state index in [1.54, 1.807) is 7.11 Å². The molecule has 1 heterocycles. The van der Waals surface area contributed by atoms with Crippen LogP contribution < -0.4 is 0 Å². The second-order valence-corrected chi connectivity index (χ2v) is 3.87. The lowest BCUT2D eigenvalue weighted by molar-refractivity contribution is -0.239. The Balaban J connectivity index is 2.56. The lowest BCUT2D eigenvalue weighted by atomic mass is 9.91. The van der Waals surface area contributed by atoms with Gasteiger partial charge in [-0.05, 0) is 7.05 Å². The fourth-order valence-corrected chi connectivity index (χ4v) is 1.62. The average molecular weight is 159 g/mol. The van der Waals surface area contributed by atoms with Gasteiger partial charge in [0.2, 0.25) is 0 Å². The Kier molecular flexibility index (Phi) is 2.52. The zero-order valence-electron chi connectivity index (χ0n) is 7.76. The highest BCUT2D eigenvalue weighted by Gasteiger charge is 2.35. The topological polar surface area (TPSA) is 21.7 Å². The summed E-state index contributed by atoms with van der Waals surface area (Å²) < 4.78 is 10.7. The van der Waals surface area contributed by atoms with Gasteiger partial charge >= 0.3 is 0 Å². The minimum atomic E-state index is -0.0568. The van der Waals surface area contributed by atoms with Gasteiger partial charge in [0.1, 0.15) is 6.73 Å². The maximum Gasteiger partial charge on any atom is 0.165 e. The maximum atomic E-state index is 5.46. The summed E-state index contributed by atoms with van der Waals surface area (Å²) in [5.74, 6) is 0. The first-order valence-electron chi connectivity index (χ1n) is 3.89. The molecular formula is C8H17NO2. The van der Waals surface area contributed by atoms with Gasteiger partial charge in [0.05, 0.1) is 0 Å². The predicted molar refractivity (Wildman–Crippen MR) is 43.2 cm³/mol. The summed E-state index contributed by atoms with van der Waals surface area (Å²) in [4.78, 5) is 2.15. The van der Waals surface area contributed by atoms with Gasteiger partial charge in [-0.1, -0.05) is 13.8 Å². The number of rotatable bonds is 1. The van der Waals surface area contributed by atoms with E-state index in [4.69, 9.17) is 9.47 Å². The number of hydrogen-bond donors (Lipinski definition) is 0. The van der Waals surface area contributed by atoms with Crippen LogP contribution in [0.25, 0.3) is 0 Å². The van der Waals surface area contributed by atoms with Crippen LogP contribution in [0.3, 0.4) is 0 Å². The van der Waals surface area contributed by atoms with Crippen molar-refractivity contribution in [3.63, 3.8) is 0 Å². The van der Waals surface area contributed by atoms with E-state index in [0.717, 1.165) is 6.54 Å². The third kappa shape index (κ3) is 1.92. The number of ether oxygens (including phenoxy) is 2. The van der Waals surface area contributed by atoms with Crippen molar-refractivity contribution in [3.8, 4) is 0 Å². The van der Waals surface area contributed by atoms with Crippen LogP contribution in [0.5, 0.6) is 0 Å². The van der Waals surface area contributed by atoms with Gasteiger partial charge in [0, 0.05) is 19.1 Å². The monoisotopic (exact) mass is 159 g/mol. The molecule has 0 aromatic heterocycles. The summed E-state index contributed by atoms with van der Waals surface area (Å²) in [6.45, 7) is 5.99.